The van der Waals surface area contributed by atoms with Crippen LogP contribution in [0.4, 0.5) is 5.69 Å². The average molecular weight is 772 g/mol. The number of piperazine rings is 1. The Morgan fingerprint density at radius 3 is 2.68 bits per heavy atom. The van der Waals surface area contributed by atoms with Crippen LogP contribution < -0.4 is 19.7 Å². The molecule has 294 valence electrons. The highest BCUT2D eigenvalue weighted by atomic mass is 35.5. The smallest absolute Gasteiger partial charge is 0.263 e. The number of benzene rings is 2. The van der Waals surface area contributed by atoms with Gasteiger partial charge in [0.15, 0.2) is 0 Å². The molecule has 3 fully saturated rings. The molecule has 4 aliphatic rings. The van der Waals surface area contributed by atoms with E-state index in [0.29, 0.717) is 36.7 Å². The number of nitrogens with zero attached hydrogens (tertiary/aromatic N) is 2. The Hall–Kier alpha value is -2.47. The maximum atomic E-state index is 13.1. The van der Waals surface area contributed by atoms with Crippen LogP contribution >= 0.6 is 11.6 Å². The lowest BCUT2D eigenvalue weighted by atomic mass is 9.64. The van der Waals surface area contributed by atoms with Gasteiger partial charge in [-0.25, -0.2) is 4.21 Å². The van der Waals surface area contributed by atoms with Gasteiger partial charge in [-0.2, -0.15) is 0 Å². The Kier molecular flexibility index (Phi) is 15.7. The van der Waals surface area contributed by atoms with Crippen LogP contribution in [0.15, 0.2) is 48.6 Å². The van der Waals surface area contributed by atoms with Crippen molar-refractivity contribution in [1.29, 1.82) is 0 Å². The molecule has 0 radical (unpaired) electrons. The maximum absolute atomic E-state index is 13.1. The Balaban J connectivity index is 0.000000461. The number of hydrogen-bond acceptors (Lipinski definition) is 8. The number of hydrogen-bond donors (Lipinski definition) is 2. The standard InChI is InChI=1S/C35H49ClN2O4S.C7H14N2O/c1-7-10-18-35(6,42-9-3)31-16-12-27(31)21-38-22-28(30-15-14-29(36)19-25(30)11-8-2)23-41-33-17-13-26(20-32(33)38)34(39)37-43(40)24(4)5;1-2-9-3-4-10-6-7(9)5-8-1/h10,13-15,17-20,24,27-28,31H,7-9,11-12,16,21-23H2,1-6H3,(H,37,39);7-8H,1-6H2/b18-10+;/t27?,28?,31?,35-,43?;/m0./s1. The summed E-state index contributed by atoms with van der Waals surface area (Å²) in [5.41, 5.74) is 3.61. The number of halogens is 1. The molecule has 0 spiro atoms. The summed E-state index contributed by atoms with van der Waals surface area (Å²) >= 11 is 6.43. The second kappa shape index (κ2) is 19.9. The number of carbonyl (C=O) groups is 1. The van der Waals surface area contributed by atoms with E-state index in [0.717, 1.165) is 94.5 Å². The third-order valence-electron chi connectivity index (χ3n) is 11.2. The monoisotopic (exact) mass is 770 g/mol. The molecular formula is C42H63ClN4O5S. The molecule has 0 bridgehead atoms. The Morgan fingerprint density at radius 2 is 1.98 bits per heavy atom. The number of allylic oxidation sites excluding steroid dienone is 1. The number of morpholine rings is 1. The molecule has 2 aromatic rings. The van der Waals surface area contributed by atoms with Crippen molar-refractivity contribution >= 4 is 34.2 Å². The number of amides is 1. The summed E-state index contributed by atoms with van der Waals surface area (Å²) in [6.07, 6.45) is 9.70. The summed E-state index contributed by atoms with van der Waals surface area (Å²) in [6, 6.07) is 12.4. The summed E-state index contributed by atoms with van der Waals surface area (Å²) in [7, 11) is -1.45. The Labute approximate surface area is 326 Å². The van der Waals surface area contributed by atoms with Gasteiger partial charge in [-0.3, -0.25) is 14.4 Å². The lowest BCUT2D eigenvalue weighted by molar-refractivity contribution is -0.0817. The van der Waals surface area contributed by atoms with Gasteiger partial charge in [0, 0.05) is 73.7 Å². The van der Waals surface area contributed by atoms with Gasteiger partial charge < -0.3 is 24.4 Å². The maximum Gasteiger partial charge on any atom is 0.263 e. The van der Waals surface area contributed by atoms with E-state index >= 15 is 0 Å². The highest BCUT2D eigenvalue weighted by molar-refractivity contribution is 7.84. The van der Waals surface area contributed by atoms with E-state index in [2.05, 4.69) is 71.8 Å². The number of fused-ring (bicyclic) bond motifs is 2. The molecule has 3 aliphatic heterocycles. The lowest BCUT2D eigenvalue weighted by Crippen LogP contribution is -2.56. The van der Waals surface area contributed by atoms with Crippen LogP contribution in [0.3, 0.4) is 0 Å². The summed E-state index contributed by atoms with van der Waals surface area (Å²) in [4.78, 5) is 18.0. The number of aryl methyl sites for hydroxylation is 1. The molecule has 9 nitrogen and oxygen atoms in total. The second-order valence-corrected chi connectivity index (χ2v) is 17.5. The van der Waals surface area contributed by atoms with Gasteiger partial charge >= 0.3 is 0 Å². The highest BCUT2D eigenvalue weighted by Crippen LogP contribution is 2.47. The molecule has 1 aliphatic carbocycles. The van der Waals surface area contributed by atoms with Gasteiger partial charge in [-0.15, -0.1) is 0 Å². The van der Waals surface area contributed by atoms with E-state index in [1.54, 1.807) is 6.07 Å². The fourth-order valence-corrected chi connectivity index (χ4v) is 8.88. The van der Waals surface area contributed by atoms with E-state index < -0.39 is 11.0 Å². The van der Waals surface area contributed by atoms with Gasteiger partial charge in [0.2, 0.25) is 0 Å². The molecule has 2 saturated heterocycles. The molecule has 0 aromatic heterocycles. The topological polar surface area (TPSA) is 92.4 Å². The highest BCUT2D eigenvalue weighted by Gasteiger charge is 2.45. The molecule has 2 N–H and O–H groups in total. The quantitative estimate of drug-likeness (QED) is 0.208. The van der Waals surface area contributed by atoms with Crippen molar-refractivity contribution < 1.29 is 23.2 Å². The van der Waals surface area contributed by atoms with Crippen molar-refractivity contribution in [3.63, 3.8) is 0 Å². The number of nitrogens with one attached hydrogen (secondary N) is 2. The first kappa shape index (κ1) is 41.7. The third kappa shape index (κ3) is 10.9. The molecule has 5 unspecified atom stereocenters. The van der Waals surface area contributed by atoms with E-state index in [1.807, 2.05) is 32.0 Å². The first-order chi connectivity index (χ1) is 25.6. The Bertz CT molecular complexity index is 1530. The summed E-state index contributed by atoms with van der Waals surface area (Å²) in [5.74, 6) is 1.38. The van der Waals surface area contributed by atoms with Gasteiger partial charge in [-0.05, 0) is 107 Å². The minimum absolute atomic E-state index is 0.133. The van der Waals surface area contributed by atoms with Crippen molar-refractivity contribution in [2.24, 2.45) is 11.8 Å². The lowest BCUT2D eigenvalue weighted by Gasteiger charge is -2.49. The number of rotatable bonds is 13. The van der Waals surface area contributed by atoms with Crippen molar-refractivity contribution in [3.8, 4) is 5.75 Å². The van der Waals surface area contributed by atoms with Crippen LogP contribution in [0.25, 0.3) is 0 Å². The molecule has 6 atom stereocenters. The zero-order chi connectivity index (χ0) is 38.0. The van der Waals surface area contributed by atoms with Crippen LogP contribution in [-0.4, -0.2) is 97.6 Å². The van der Waals surface area contributed by atoms with Gasteiger partial charge in [0.1, 0.15) is 16.7 Å². The zero-order valence-electron chi connectivity index (χ0n) is 32.8. The van der Waals surface area contributed by atoms with Crippen molar-refractivity contribution in [2.75, 3.05) is 70.6 Å². The average Bonchev–Trinajstić information content (AvgIpc) is 3.32. The molecule has 6 rings (SSSR count). The number of carbonyl (C=O) groups excluding carboxylic acids is 1. The predicted octanol–water partition coefficient (Wildman–Crippen LogP) is 7.16. The molecular weight excluding hydrogens is 708 g/mol. The normalized spacial score (nSPS) is 24.8. The van der Waals surface area contributed by atoms with Crippen molar-refractivity contribution in [2.45, 2.75) is 96.5 Å². The SMILES string of the molecule is C1CN2CCOCC2CN1.CC/C=C/[C@](C)(OCC)C1CCC1CN1CC(c2ccc(Cl)cc2CCC)COc2ccc(C(=O)NS(=O)C(C)C)cc21. The van der Waals surface area contributed by atoms with Crippen LogP contribution in [0.2, 0.25) is 5.02 Å². The van der Waals surface area contributed by atoms with E-state index in [4.69, 9.17) is 25.8 Å². The summed E-state index contributed by atoms with van der Waals surface area (Å²) in [5, 5.41) is 3.95. The first-order valence-electron chi connectivity index (χ1n) is 19.9. The van der Waals surface area contributed by atoms with Gasteiger partial charge in [0.25, 0.3) is 5.91 Å². The fraction of sp³-hybridized carbons (Fsp3) is 0.643. The van der Waals surface area contributed by atoms with Crippen molar-refractivity contribution in [1.82, 2.24) is 14.9 Å². The molecule has 2 aromatic carbocycles. The van der Waals surface area contributed by atoms with Crippen LogP contribution in [0.1, 0.15) is 94.6 Å². The minimum atomic E-state index is -1.45. The first-order valence-corrected chi connectivity index (χ1v) is 21.5. The molecule has 11 heteroatoms. The van der Waals surface area contributed by atoms with Gasteiger partial charge in [0.05, 0.1) is 31.1 Å². The van der Waals surface area contributed by atoms with E-state index in [1.165, 1.54) is 17.7 Å². The number of ether oxygens (including phenoxy) is 3. The number of anilines is 1. The molecule has 3 heterocycles. The van der Waals surface area contributed by atoms with Crippen LogP contribution in [0.5, 0.6) is 5.75 Å². The predicted molar refractivity (Wildman–Crippen MR) is 218 cm³/mol. The van der Waals surface area contributed by atoms with Crippen LogP contribution in [0, 0.1) is 11.8 Å². The fourth-order valence-electron chi connectivity index (χ4n) is 8.15. The van der Waals surface area contributed by atoms with E-state index in [9.17, 15) is 9.00 Å². The zero-order valence-corrected chi connectivity index (χ0v) is 34.4. The third-order valence-corrected chi connectivity index (χ3v) is 12.7. The second-order valence-electron chi connectivity index (χ2n) is 15.3. The molecule has 53 heavy (non-hydrogen) atoms. The van der Waals surface area contributed by atoms with Gasteiger partial charge in [-0.1, -0.05) is 50.1 Å². The van der Waals surface area contributed by atoms with Crippen molar-refractivity contribution in [3.05, 3.63) is 70.3 Å². The summed E-state index contributed by atoms with van der Waals surface area (Å²) in [6.45, 7) is 21.5. The molecule has 1 amide bonds. The summed E-state index contributed by atoms with van der Waals surface area (Å²) < 4.78 is 33.3. The largest absolute Gasteiger partial charge is 0.491 e. The molecule has 1 saturated carbocycles. The van der Waals surface area contributed by atoms with Crippen LogP contribution in [-0.2, 0) is 26.9 Å². The van der Waals surface area contributed by atoms with E-state index in [-0.39, 0.29) is 22.7 Å². The minimum Gasteiger partial charge on any atom is -0.491 e. The Morgan fingerprint density at radius 1 is 1.15 bits per heavy atom.